The van der Waals surface area contributed by atoms with E-state index < -0.39 is 11.9 Å². The summed E-state index contributed by atoms with van der Waals surface area (Å²) in [7, 11) is 4.40. The van der Waals surface area contributed by atoms with Gasteiger partial charge in [0.2, 0.25) is 0 Å². The van der Waals surface area contributed by atoms with E-state index in [1.807, 2.05) is 6.07 Å². The number of aromatic carboxylic acids is 1. The first-order valence-electron chi connectivity index (χ1n) is 8.00. The molecule has 0 spiro atoms. The summed E-state index contributed by atoms with van der Waals surface area (Å²) in [4.78, 5) is 23.3. The van der Waals surface area contributed by atoms with Crippen LogP contribution in [0.4, 0.5) is 5.69 Å². The van der Waals surface area contributed by atoms with Crippen LogP contribution in [0.5, 0.6) is 17.2 Å². The van der Waals surface area contributed by atoms with Gasteiger partial charge in [0.25, 0.3) is 5.91 Å². The van der Waals surface area contributed by atoms with Crippen LogP contribution in [-0.4, -0.2) is 38.3 Å². The Bertz CT molecular complexity index is 958. The third-order valence-electron chi connectivity index (χ3n) is 3.79. The standard InChI is InChI=1S/C20H18N2O6/c1-26-16-10-18(28-3)17(27-2)9-13(16)8-14(11-21)19(23)22-15-6-4-12(5-7-15)20(24)25/h4-10H,1-3H3,(H,22,23)(H,24,25). The molecular formula is C20H18N2O6. The number of carbonyl (C=O) groups excluding carboxylic acids is 1. The van der Waals surface area contributed by atoms with Gasteiger partial charge < -0.3 is 24.6 Å². The number of hydrogen-bond acceptors (Lipinski definition) is 6. The summed E-state index contributed by atoms with van der Waals surface area (Å²) in [5.41, 5.74) is 0.723. The molecule has 8 heteroatoms. The highest BCUT2D eigenvalue weighted by Crippen LogP contribution is 2.35. The molecule has 0 heterocycles. The maximum atomic E-state index is 12.4. The van der Waals surface area contributed by atoms with Crippen molar-refractivity contribution in [1.29, 1.82) is 5.26 Å². The number of nitrogens with one attached hydrogen (secondary N) is 1. The van der Waals surface area contributed by atoms with Crippen LogP contribution in [-0.2, 0) is 4.79 Å². The molecule has 2 aromatic carbocycles. The minimum Gasteiger partial charge on any atom is -0.496 e. The summed E-state index contributed by atoms with van der Waals surface area (Å²) in [6.07, 6.45) is 1.36. The van der Waals surface area contributed by atoms with Gasteiger partial charge in [-0.15, -0.1) is 0 Å². The second-order valence-corrected chi connectivity index (χ2v) is 5.46. The number of amides is 1. The Morgan fingerprint density at radius 3 is 2.07 bits per heavy atom. The minimum atomic E-state index is -1.07. The molecule has 144 valence electrons. The molecule has 0 aromatic heterocycles. The number of methoxy groups -OCH3 is 3. The summed E-state index contributed by atoms with van der Waals surface area (Å²) in [6.45, 7) is 0. The molecule has 0 aliphatic heterocycles. The van der Waals surface area contributed by atoms with Crippen molar-refractivity contribution in [2.75, 3.05) is 26.6 Å². The fourth-order valence-electron chi connectivity index (χ4n) is 2.36. The largest absolute Gasteiger partial charge is 0.496 e. The fourth-order valence-corrected chi connectivity index (χ4v) is 2.36. The first-order valence-corrected chi connectivity index (χ1v) is 8.00. The van der Waals surface area contributed by atoms with Gasteiger partial charge in [0.15, 0.2) is 11.5 Å². The molecule has 0 bridgehead atoms. The van der Waals surface area contributed by atoms with Gasteiger partial charge in [-0.25, -0.2) is 4.79 Å². The topological polar surface area (TPSA) is 118 Å². The third kappa shape index (κ3) is 4.59. The molecule has 0 radical (unpaired) electrons. The average molecular weight is 382 g/mol. The molecular weight excluding hydrogens is 364 g/mol. The zero-order valence-electron chi connectivity index (χ0n) is 15.5. The molecule has 28 heavy (non-hydrogen) atoms. The maximum Gasteiger partial charge on any atom is 0.335 e. The Labute approximate surface area is 161 Å². The number of benzene rings is 2. The Morgan fingerprint density at radius 1 is 1.00 bits per heavy atom. The number of rotatable bonds is 7. The SMILES string of the molecule is COc1cc(OC)c(OC)cc1C=C(C#N)C(=O)Nc1ccc(C(=O)O)cc1. The molecule has 2 aromatic rings. The van der Waals surface area contributed by atoms with Gasteiger partial charge >= 0.3 is 5.97 Å². The van der Waals surface area contributed by atoms with Crippen LogP contribution in [0.25, 0.3) is 6.08 Å². The quantitative estimate of drug-likeness (QED) is 0.558. The van der Waals surface area contributed by atoms with Gasteiger partial charge in [0.05, 0.1) is 26.9 Å². The van der Waals surface area contributed by atoms with Crippen molar-refractivity contribution in [3.8, 4) is 23.3 Å². The van der Waals surface area contributed by atoms with E-state index in [0.29, 0.717) is 28.5 Å². The summed E-state index contributed by atoms with van der Waals surface area (Å²) in [6, 6.07) is 10.6. The zero-order chi connectivity index (χ0) is 20.7. The van der Waals surface area contributed by atoms with Crippen molar-refractivity contribution >= 4 is 23.6 Å². The lowest BCUT2D eigenvalue weighted by Gasteiger charge is -2.12. The lowest BCUT2D eigenvalue weighted by molar-refractivity contribution is -0.112. The smallest absolute Gasteiger partial charge is 0.335 e. The van der Waals surface area contributed by atoms with Crippen LogP contribution in [0.1, 0.15) is 15.9 Å². The first-order chi connectivity index (χ1) is 13.4. The summed E-state index contributed by atoms with van der Waals surface area (Å²) < 4.78 is 15.7. The monoisotopic (exact) mass is 382 g/mol. The molecule has 0 saturated heterocycles. The highest BCUT2D eigenvalue weighted by Gasteiger charge is 2.15. The number of hydrogen-bond donors (Lipinski definition) is 2. The number of carboxylic acids is 1. The first kappa shape index (κ1) is 20.3. The van der Waals surface area contributed by atoms with Crippen molar-refractivity contribution < 1.29 is 28.9 Å². The van der Waals surface area contributed by atoms with Gasteiger partial charge in [-0.1, -0.05) is 0 Å². The summed E-state index contributed by atoms with van der Waals surface area (Å²) in [5.74, 6) is -0.475. The number of nitrogens with zero attached hydrogens (tertiary/aromatic N) is 1. The Balaban J connectivity index is 2.33. The molecule has 1 amide bonds. The maximum absolute atomic E-state index is 12.4. The predicted molar refractivity (Wildman–Crippen MR) is 102 cm³/mol. The second-order valence-electron chi connectivity index (χ2n) is 5.46. The van der Waals surface area contributed by atoms with Crippen LogP contribution < -0.4 is 19.5 Å². The van der Waals surface area contributed by atoms with Crippen molar-refractivity contribution in [1.82, 2.24) is 0 Å². The van der Waals surface area contributed by atoms with E-state index in [4.69, 9.17) is 19.3 Å². The molecule has 0 atom stereocenters. The van der Waals surface area contributed by atoms with Crippen LogP contribution in [0, 0.1) is 11.3 Å². The lowest BCUT2D eigenvalue weighted by Crippen LogP contribution is -2.13. The number of nitriles is 1. The van der Waals surface area contributed by atoms with Gasteiger partial charge in [-0.3, -0.25) is 4.79 Å². The third-order valence-corrected chi connectivity index (χ3v) is 3.79. The Morgan fingerprint density at radius 2 is 1.57 bits per heavy atom. The number of carbonyl (C=O) groups is 2. The van der Waals surface area contributed by atoms with Crippen molar-refractivity contribution in [3.63, 3.8) is 0 Å². The van der Waals surface area contributed by atoms with Crippen LogP contribution in [0.3, 0.4) is 0 Å². The van der Waals surface area contributed by atoms with Gasteiger partial charge in [0.1, 0.15) is 17.4 Å². The fraction of sp³-hybridized carbons (Fsp3) is 0.150. The van der Waals surface area contributed by atoms with Gasteiger partial charge in [-0.2, -0.15) is 5.26 Å². The normalized spacial score (nSPS) is 10.6. The molecule has 0 aliphatic rings. The second kappa shape index (κ2) is 9.09. The van der Waals surface area contributed by atoms with Crippen LogP contribution in [0.15, 0.2) is 42.0 Å². The molecule has 0 fully saturated rings. The van der Waals surface area contributed by atoms with Crippen molar-refractivity contribution in [2.24, 2.45) is 0 Å². The van der Waals surface area contributed by atoms with E-state index in [2.05, 4.69) is 5.32 Å². The van der Waals surface area contributed by atoms with E-state index in [1.165, 1.54) is 51.7 Å². The number of carboxylic acid groups (broad SMARTS) is 1. The number of ether oxygens (including phenoxy) is 3. The molecule has 0 aliphatic carbocycles. The molecule has 0 unspecified atom stereocenters. The number of anilines is 1. The van der Waals surface area contributed by atoms with Gasteiger partial charge in [-0.05, 0) is 36.4 Å². The Kier molecular flexibility index (Phi) is 6.60. The molecule has 8 nitrogen and oxygen atoms in total. The average Bonchev–Trinajstić information content (AvgIpc) is 2.71. The summed E-state index contributed by atoms with van der Waals surface area (Å²) in [5, 5.41) is 20.8. The van der Waals surface area contributed by atoms with E-state index in [-0.39, 0.29) is 11.1 Å². The van der Waals surface area contributed by atoms with E-state index in [0.717, 1.165) is 0 Å². The van der Waals surface area contributed by atoms with E-state index in [9.17, 15) is 14.9 Å². The van der Waals surface area contributed by atoms with Crippen molar-refractivity contribution in [2.45, 2.75) is 0 Å². The molecule has 2 N–H and O–H groups in total. The zero-order valence-corrected chi connectivity index (χ0v) is 15.5. The highest BCUT2D eigenvalue weighted by atomic mass is 16.5. The lowest BCUT2D eigenvalue weighted by atomic mass is 10.1. The highest BCUT2D eigenvalue weighted by molar-refractivity contribution is 6.10. The van der Waals surface area contributed by atoms with Crippen molar-refractivity contribution in [3.05, 3.63) is 53.1 Å². The molecule has 0 saturated carbocycles. The molecule has 2 rings (SSSR count). The minimum absolute atomic E-state index is 0.0871. The van der Waals surface area contributed by atoms with Gasteiger partial charge in [0, 0.05) is 17.3 Å². The van der Waals surface area contributed by atoms with Crippen LogP contribution in [0.2, 0.25) is 0 Å². The Hall–Kier alpha value is -3.99. The predicted octanol–water partition coefficient (Wildman–Crippen LogP) is 2.96. The van der Waals surface area contributed by atoms with E-state index in [1.54, 1.807) is 12.1 Å². The van der Waals surface area contributed by atoms with Crippen LogP contribution >= 0.6 is 0 Å². The van der Waals surface area contributed by atoms with E-state index >= 15 is 0 Å². The summed E-state index contributed by atoms with van der Waals surface area (Å²) >= 11 is 0.